The smallest absolute Gasteiger partial charge is 0.147 e. The standard InChI is InChI=1S/C10H9ClO/c11-7-10(8-12)6-9-4-2-1-3-5-9/h1-6,8H,7H2/b10-6+. The highest BCUT2D eigenvalue weighted by Crippen LogP contribution is 2.05. The van der Waals surface area contributed by atoms with Gasteiger partial charge in [0.2, 0.25) is 0 Å². The fourth-order valence-corrected chi connectivity index (χ4v) is 1.01. The first-order chi connectivity index (χ1) is 5.86. The molecule has 2 heteroatoms. The molecular formula is C10H9ClO. The number of hydrogen-bond acceptors (Lipinski definition) is 1. The molecule has 1 aromatic rings. The van der Waals surface area contributed by atoms with Crippen molar-refractivity contribution in [1.82, 2.24) is 0 Å². The summed E-state index contributed by atoms with van der Waals surface area (Å²) in [6.07, 6.45) is 2.56. The minimum absolute atomic E-state index is 0.262. The van der Waals surface area contributed by atoms with E-state index >= 15 is 0 Å². The molecule has 0 radical (unpaired) electrons. The minimum atomic E-state index is 0.262. The number of carbonyl (C=O) groups is 1. The molecule has 0 aliphatic rings. The van der Waals surface area contributed by atoms with Gasteiger partial charge >= 0.3 is 0 Å². The van der Waals surface area contributed by atoms with Gasteiger partial charge in [0.25, 0.3) is 0 Å². The molecule has 62 valence electrons. The van der Waals surface area contributed by atoms with Gasteiger partial charge in [0, 0.05) is 5.57 Å². The van der Waals surface area contributed by atoms with Gasteiger partial charge in [0.15, 0.2) is 0 Å². The van der Waals surface area contributed by atoms with Crippen LogP contribution in [0.2, 0.25) is 0 Å². The highest BCUT2D eigenvalue weighted by atomic mass is 35.5. The Morgan fingerprint density at radius 2 is 2.00 bits per heavy atom. The van der Waals surface area contributed by atoms with Gasteiger partial charge in [-0.2, -0.15) is 0 Å². The second-order valence-electron chi connectivity index (χ2n) is 2.38. The molecule has 1 nitrogen and oxygen atoms in total. The van der Waals surface area contributed by atoms with Gasteiger partial charge < -0.3 is 0 Å². The molecule has 1 aromatic carbocycles. The first-order valence-corrected chi connectivity index (χ1v) is 4.17. The van der Waals surface area contributed by atoms with Crippen LogP contribution >= 0.6 is 11.6 Å². The number of halogens is 1. The fourth-order valence-electron chi connectivity index (χ4n) is 0.867. The van der Waals surface area contributed by atoms with Crippen LogP contribution < -0.4 is 0 Å². The molecule has 0 N–H and O–H groups in total. The molecule has 0 unspecified atom stereocenters. The van der Waals surface area contributed by atoms with E-state index in [1.807, 2.05) is 30.3 Å². The number of aldehydes is 1. The third-order valence-electron chi connectivity index (χ3n) is 1.46. The van der Waals surface area contributed by atoms with Crippen LogP contribution in [0.4, 0.5) is 0 Å². The first kappa shape index (κ1) is 9.01. The molecule has 0 aliphatic carbocycles. The maximum absolute atomic E-state index is 10.4. The Balaban J connectivity index is 2.86. The Hall–Kier alpha value is -1.08. The molecule has 0 amide bonds. The third-order valence-corrected chi connectivity index (χ3v) is 1.77. The van der Waals surface area contributed by atoms with E-state index in [1.165, 1.54) is 0 Å². The van der Waals surface area contributed by atoms with E-state index in [1.54, 1.807) is 6.08 Å². The molecule has 0 bridgehead atoms. The van der Waals surface area contributed by atoms with Gasteiger partial charge in [-0.3, -0.25) is 4.79 Å². The summed E-state index contributed by atoms with van der Waals surface area (Å²) in [5.74, 6) is 0.262. The first-order valence-electron chi connectivity index (χ1n) is 3.63. The Kier molecular flexibility index (Phi) is 3.55. The van der Waals surface area contributed by atoms with Crippen molar-refractivity contribution in [3.05, 3.63) is 41.5 Å². The number of hydrogen-bond donors (Lipinski definition) is 0. The van der Waals surface area contributed by atoms with Crippen molar-refractivity contribution in [3.63, 3.8) is 0 Å². The van der Waals surface area contributed by atoms with Gasteiger partial charge in [-0.15, -0.1) is 11.6 Å². The Morgan fingerprint density at radius 1 is 1.33 bits per heavy atom. The lowest BCUT2D eigenvalue weighted by molar-refractivity contribution is -0.104. The summed E-state index contributed by atoms with van der Waals surface area (Å²) >= 11 is 5.52. The highest BCUT2D eigenvalue weighted by Gasteiger charge is 1.91. The lowest BCUT2D eigenvalue weighted by Gasteiger charge is -1.93. The summed E-state index contributed by atoms with van der Waals surface area (Å²) in [5, 5.41) is 0. The van der Waals surface area contributed by atoms with Crippen LogP contribution in [0.1, 0.15) is 5.56 Å². The van der Waals surface area contributed by atoms with Crippen molar-refractivity contribution < 1.29 is 4.79 Å². The Bertz CT molecular complexity index is 277. The van der Waals surface area contributed by atoms with E-state index in [4.69, 9.17) is 11.6 Å². The molecule has 0 atom stereocenters. The lowest BCUT2D eigenvalue weighted by atomic mass is 10.1. The van der Waals surface area contributed by atoms with Crippen LogP contribution in [0, 0.1) is 0 Å². The second-order valence-corrected chi connectivity index (χ2v) is 2.65. The Morgan fingerprint density at radius 3 is 2.50 bits per heavy atom. The van der Waals surface area contributed by atoms with Crippen LogP contribution in [-0.2, 0) is 4.79 Å². The molecule has 0 aromatic heterocycles. The van der Waals surface area contributed by atoms with E-state index in [9.17, 15) is 4.79 Å². The fraction of sp³-hybridized carbons (Fsp3) is 0.100. The summed E-state index contributed by atoms with van der Waals surface area (Å²) in [7, 11) is 0. The van der Waals surface area contributed by atoms with Crippen molar-refractivity contribution in [3.8, 4) is 0 Å². The molecule has 12 heavy (non-hydrogen) atoms. The third kappa shape index (κ3) is 2.51. The van der Waals surface area contributed by atoms with E-state index in [0.29, 0.717) is 5.57 Å². The average Bonchev–Trinajstić information content (AvgIpc) is 2.16. The summed E-state index contributed by atoms with van der Waals surface area (Å²) in [4.78, 5) is 10.4. The van der Waals surface area contributed by atoms with Crippen LogP contribution in [0.15, 0.2) is 35.9 Å². The maximum atomic E-state index is 10.4. The summed E-state index contributed by atoms with van der Waals surface area (Å²) in [6, 6.07) is 9.62. The number of alkyl halides is 1. The predicted octanol–water partition coefficient (Wildman–Crippen LogP) is 2.51. The number of rotatable bonds is 3. The molecular weight excluding hydrogens is 172 g/mol. The van der Waals surface area contributed by atoms with Crippen molar-refractivity contribution in [2.75, 3.05) is 5.88 Å². The molecule has 0 saturated heterocycles. The monoisotopic (exact) mass is 180 g/mol. The minimum Gasteiger partial charge on any atom is -0.298 e. The van der Waals surface area contributed by atoms with Gasteiger partial charge in [0.05, 0.1) is 5.88 Å². The quantitative estimate of drug-likeness (QED) is 0.397. The topological polar surface area (TPSA) is 17.1 Å². The number of benzene rings is 1. The zero-order valence-electron chi connectivity index (χ0n) is 6.53. The SMILES string of the molecule is O=C/C(=C/c1ccccc1)CCl. The normalized spacial score (nSPS) is 11.2. The second kappa shape index (κ2) is 4.73. The number of carbonyl (C=O) groups excluding carboxylic acids is 1. The van der Waals surface area contributed by atoms with E-state index < -0.39 is 0 Å². The molecule has 0 saturated carbocycles. The summed E-state index contributed by atoms with van der Waals surface area (Å²) in [5.41, 5.74) is 1.60. The lowest BCUT2D eigenvalue weighted by Crippen LogP contribution is -1.85. The highest BCUT2D eigenvalue weighted by molar-refractivity contribution is 6.21. The van der Waals surface area contributed by atoms with Crippen LogP contribution in [-0.4, -0.2) is 12.2 Å². The molecule has 0 fully saturated rings. The van der Waals surface area contributed by atoms with Crippen molar-refractivity contribution >= 4 is 24.0 Å². The van der Waals surface area contributed by atoms with Gasteiger partial charge in [-0.1, -0.05) is 30.3 Å². The maximum Gasteiger partial charge on any atom is 0.147 e. The van der Waals surface area contributed by atoms with Crippen LogP contribution in [0.25, 0.3) is 6.08 Å². The zero-order valence-corrected chi connectivity index (χ0v) is 7.29. The zero-order chi connectivity index (χ0) is 8.81. The summed E-state index contributed by atoms with van der Waals surface area (Å²) < 4.78 is 0. The molecule has 0 heterocycles. The summed E-state index contributed by atoms with van der Waals surface area (Å²) in [6.45, 7) is 0. The van der Waals surface area contributed by atoms with E-state index in [-0.39, 0.29) is 5.88 Å². The molecule has 1 rings (SSSR count). The van der Waals surface area contributed by atoms with Crippen molar-refractivity contribution in [2.45, 2.75) is 0 Å². The Labute approximate surface area is 76.7 Å². The van der Waals surface area contributed by atoms with Gasteiger partial charge in [0.1, 0.15) is 6.29 Å². The van der Waals surface area contributed by atoms with Crippen molar-refractivity contribution in [1.29, 1.82) is 0 Å². The van der Waals surface area contributed by atoms with Gasteiger partial charge in [-0.25, -0.2) is 0 Å². The van der Waals surface area contributed by atoms with Gasteiger partial charge in [-0.05, 0) is 11.6 Å². The number of allylic oxidation sites excluding steroid dienone is 1. The molecule has 0 spiro atoms. The molecule has 0 aliphatic heterocycles. The van der Waals surface area contributed by atoms with Crippen molar-refractivity contribution in [2.24, 2.45) is 0 Å². The largest absolute Gasteiger partial charge is 0.298 e. The van der Waals surface area contributed by atoms with E-state index in [0.717, 1.165) is 11.8 Å². The average molecular weight is 181 g/mol. The van der Waals surface area contributed by atoms with Crippen LogP contribution in [0.3, 0.4) is 0 Å². The van der Waals surface area contributed by atoms with Crippen LogP contribution in [0.5, 0.6) is 0 Å². The predicted molar refractivity (Wildman–Crippen MR) is 51.2 cm³/mol. The van der Waals surface area contributed by atoms with E-state index in [2.05, 4.69) is 0 Å².